The van der Waals surface area contributed by atoms with Gasteiger partial charge in [0.2, 0.25) is 0 Å². The van der Waals surface area contributed by atoms with Crippen molar-refractivity contribution in [3.63, 3.8) is 0 Å². The first kappa shape index (κ1) is 13.3. The summed E-state index contributed by atoms with van der Waals surface area (Å²) in [6.45, 7) is 8.96. The van der Waals surface area contributed by atoms with E-state index in [0.717, 1.165) is 6.54 Å². The summed E-state index contributed by atoms with van der Waals surface area (Å²) in [5.74, 6) is 1.23. The molecule has 2 nitrogen and oxygen atoms in total. The van der Waals surface area contributed by atoms with Crippen LogP contribution in [-0.4, -0.2) is 49.1 Å². The van der Waals surface area contributed by atoms with E-state index in [1.54, 1.807) is 0 Å². The van der Waals surface area contributed by atoms with E-state index >= 15 is 0 Å². The first-order chi connectivity index (χ1) is 6.07. The highest BCUT2D eigenvalue weighted by Gasteiger charge is 2.10. The van der Waals surface area contributed by atoms with Crippen molar-refractivity contribution in [1.82, 2.24) is 10.2 Å². The van der Waals surface area contributed by atoms with E-state index in [9.17, 15) is 0 Å². The predicted octanol–water partition coefficient (Wildman–Crippen LogP) is 1.67. The van der Waals surface area contributed by atoms with E-state index in [1.165, 1.54) is 12.3 Å². The van der Waals surface area contributed by atoms with Gasteiger partial charge < -0.3 is 10.2 Å². The van der Waals surface area contributed by atoms with E-state index in [2.05, 4.69) is 45.1 Å². The fourth-order valence-electron chi connectivity index (χ4n) is 1.05. The third-order valence-electron chi connectivity index (χ3n) is 2.15. The minimum absolute atomic E-state index is 0.622. The highest BCUT2D eigenvalue weighted by Crippen LogP contribution is 2.13. The van der Waals surface area contributed by atoms with Crippen molar-refractivity contribution in [3.8, 4) is 0 Å². The molecule has 0 amide bonds. The molecule has 0 fully saturated rings. The predicted molar refractivity (Wildman–Crippen MR) is 63.6 cm³/mol. The van der Waals surface area contributed by atoms with Gasteiger partial charge in [0, 0.05) is 23.6 Å². The molecule has 0 saturated heterocycles. The molecule has 0 radical (unpaired) electrons. The lowest BCUT2D eigenvalue weighted by atomic mass is 10.2. The van der Waals surface area contributed by atoms with Gasteiger partial charge in [-0.3, -0.25) is 0 Å². The number of nitrogens with one attached hydrogen (secondary N) is 1. The maximum Gasteiger partial charge on any atom is 0.0170 e. The topological polar surface area (TPSA) is 15.3 Å². The van der Waals surface area contributed by atoms with Crippen molar-refractivity contribution in [2.75, 3.05) is 32.9 Å². The summed E-state index contributed by atoms with van der Waals surface area (Å²) in [6.07, 6.45) is 0. The molecular weight excluding hydrogens is 180 g/mol. The highest BCUT2D eigenvalue weighted by atomic mass is 32.2. The lowest BCUT2D eigenvalue weighted by Gasteiger charge is -2.20. The molecule has 0 aliphatic rings. The van der Waals surface area contributed by atoms with Crippen LogP contribution in [0.4, 0.5) is 0 Å². The second-order valence-electron chi connectivity index (χ2n) is 3.73. The molecule has 80 valence electrons. The Bertz CT molecular complexity index is 117. The Hall–Kier alpha value is 0.270. The Labute approximate surface area is 87.5 Å². The first-order valence-electron chi connectivity index (χ1n) is 5.07. The van der Waals surface area contributed by atoms with Crippen molar-refractivity contribution < 1.29 is 0 Å². The number of hydrogen-bond donors (Lipinski definition) is 1. The molecule has 0 aromatic rings. The third-order valence-corrected chi connectivity index (χ3v) is 3.50. The zero-order chi connectivity index (χ0) is 10.3. The summed E-state index contributed by atoms with van der Waals surface area (Å²) >= 11 is 2.05. The van der Waals surface area contributed by atoms with Gasteiger partial charge >= 0.3 is 0 Å². The van der Waals surface area contributed by atoms with Gasteiger partial charge in [-0.05, 0) is 27.6 Å². The average molecular weight is 204 g/mol. The Kier molecular flexibility index (Phi) is 7.81. The number of nitrogens with zero attached hydrogens (tertiary/aromatic N) is 1. The monoisotopic (exact) mass is 204 g/mol. The molecule has 0 aliphatic carbocycles. The summed E-state index contributed by atoms with van der Waals surface area (Å²) in [5.41, 5.74) is 0. The van der Waals surface area contributed by atoms with E-state index in [1.807, 2.05) is 11.8 Å². The van der Waals surface area contributed by atoms with Crippen LogP contribution >= 0.6 is 11.8 Å². The Balaban J connectivity index is 3.43. The molecule has 0 rings (SSSR count). The average Bonchev–Trinajstić information content (AvgIpc) is 2.04. The molecule has 0 bridgehead atoms. The van der Waals surface area contributed by atoms with Gasteiger partial charge in [0.15, 0.2) is 0 Å². The van der Waals surface area contributed by atoms with E-state index in [4.69, 9.17) is 0 Å². The van der Waals surface area contributed by atoms with Crippen molar-refractivity contribution in [1.29, 1.82) is 0 Å². The molecule has 0 saturated carbocycles. The van der Waals surface area contributed by atoms with Crippen LogP contribution in [0.15, 0.2) is 0 Å². The zero-order valence-electron chi connectivity index (χ0n) is 9.63. The van der Waals surface area contributed by atoms with Crippen LogP contribution in [0.5, 0.6) is 0 Å². The number of rotatable bonds is 7. The smallest absolute Gasteiger partial charge is 0.0170 e. The fraction of sp³-hybridized carbons (Fsp3) is 1.00. The van der Waals surface area contributed by atoms with Crippen molar-refractivity contribution in [2.24, 2.45) is 0 Å². The Morgan fingerprint density at radius 1 is 1.31 bits per heavy atom. The van der Waals surface area contributed by atoms with E-state index < -0.39 is 0 Å². The van der Waals surface area contributed by atoms with Gasteiger partial charge in [0.1, 0.15) is 0 Å². The summed E-state index contributed by atoms with van der Waals surface area (Å²) in [7, 11) is 4.25. The van der Waals surface area contributed by atoms with Crippen LogP contribution in [0.25, 0.3) is 0 Å². The van der Waals surface area contributed by atoms with Gasteiger partial charge in [-0.25, -0.2) is 0 Å². The lowest BCUT2D eigenvalue weighted by Crippen LogP contribution is -2.34. The summed E-state index contributed by atoms with van der Waals surface area (Å²) < 4.78 is 0. The number of hydrogen-bond acceptors (Lipinski definition) is 3. The quantitative estimate of drug-likeness (QED) is 0.679. The lowest BCUT2D eigenvalue weighted by molar-refractivity contribution is 0.437. The summed E-state index contributed by atoms with van der Waals surface area (Å²) in [4.78, 5) is 2.23. The van der Waals surface area contributed by atoms with Gasteiger partial charge in [-0.1, -0.05) is 13.8 Å². The standard InChI is InChI=1S/C10H24N2S/c1-6-11-9(2)10(3)13-8-7-12(4)5/h9-11H,6-8H2,1-5H3. The minimum Gasteiger partial charge on any atom is -0.313 e. The maximum absolute atomic E-state index is 3.45. The Morgan fingerprint density at radius 3 is 2.38 bits per heavy atom. The Morgan fingerprint density at radius 2 is 1.92 bits per heavy atom. The molecule has 0 aliphatic heterocycles. The van der Waals surface area contributed by atoms with Gasteiger partial charge in [0.05, 0.1) is 0 Å². The summed E-state index contributed by atoms with van der Waals surface area (Å²) in [5, 5.41) is 4.16. The molecule has 2 atom stereocenters. The number of thioether (sulfide) groups is 1. The first-order valence-corrected chi connectivity index (χ1v) is 6.12. The second-order valence-corrected chi connectivity index (χ2v) is 5.21. The molecular formula is C10H24N2S. The fourth-order valence-corrected chi connectivity index (χ4v) is 2.28. The van der Waals surface area contributed by atoms with Crippen molar-refractivity contribution in [2.45, 2.75) is 32.1 Å². The van der Waals surface area contributed by atoms with Gasteiger partial charge in [-0.2, -0.15) is 11.8 Å². The largest absolute Gasteiger partial charge is 0.313 e. The SMILES string of the molecule is CCNC(C)C(C)SCCN(C)C. The molecule has 2 unspecified atom stereocenters. The van der Waals surface area contributed by atoms with Crippen LogP contribution in [-0.2, 0) is 0 Å². The molecule has 3 heteroatoms. The molecule has 1 N–H and O–H groups in total. The zero-order valence-corrected chi connectivity index (χ0v) is 10.4. The van der Waals surface area contributed by atoms with Gasteiger partial charge in [-0.15, -0.1) is 0 Å². The molecule has 0 heterocycles. The molecule has 0 aromatic carbocycles. The van der Waals surface area contributed by atoms with Crippen LogP contribution in [0.3, 0.4) is 0 Å². The van der Waals surface area contributed by atoms with Gasteiger partial charge in [0.25, 0.3) is 0 Å². The second kappa shape index (κ2) is 7.65. The van der Waals surface area contributed by atoms with Crippen LogP contribution < -0.4 is 5.32 Å². The van der Waals surface area contributed by atoms with Crippen LogP contribution in [0, 0.1) is 0 Å². The van der Waals surface area contributed by atoms with E-state index in [-0.39, 0.29) is 0 Å². The van der Waals surface area contributed by atoms with Crippen LogP contribution in [0.1, 0.15) is 20.8 Å². The highest BCUT2D eigenvalue weighted by molar-refractivity contribution is 7.99. The third kappa shape index (κ3) is 7.35. The molecule has 0 aromatic heterocycles. The van der Waals surface area contributed by atoms with Crippen molar-refractivity contribution >= 4 is 11.8 Å². The molecule has 13 heavy (non-hydrogen) atoms. The molecule has 0 spiro atoms. The van der Waals surface area contributed by atoms with E-state index in [0.29, 0.717) is 11.3 Å². The minimum atomic E-state index is 0.622. The normalized spacial score (nSPS) is 16.2. The van der Waals surface area contributed by atoms with Crippen molar-refractivity contribution in [3.05, 3.63) is 0 Å². The van der Waals surface area contributed by atoms with Crippen LogP contribution in [0.2, 0.25) is 0 Å². The summed E-state index contributed by atoms with van der Waals surface area (Å²) in [6, 6.07) is 0.622. The maximum atomic E-state index is 3.45.